The summed E-state index contributed by atoms with van der Waals surface area (Å²) in [6.07, 6.45) is 5.54. The number of nitrogens with one attached hydrogen (secondary N) is 1. The molecule has 102 valence electrons. The van der Waals surface area contributed by atoms with Crippen molar-refractivity contribution in [1.82, 2.24) is 14.9 Å². The maximum Gasteiger partial charge on any atom is 0.267 e. The van der Waals surface area contributed by atoms with Gasteiger partial charge in [0.15, 0.2) is 5.11 Å². The van der Waals surface area contributed by atoms with Crippen molar-refractivity contribution in [1.29, 1.82) is 0 Å². The first kappa shape index (κ1) is 12.0. The van der Waals surface area contributed by atoms with Crippen molar-refractivity contribution >= 4 is 28.2 Å². The predicted octanol–water partition coefficient (Wildman–Crippen LogP) is 2.29. The number of thiocarbonyl (C=S) groups is 1. The second-order valence-corrected chi connectivity index (χ2v) is 6.05. The molecule has 0 amide bonds. The van der Waals surface area contributed by atoms with E-state index in [1.165, 1.54) is 6.42 Å². The van der Waals surface area contributed by atoms with E-state index in [1.807, 2.05) is 24.3 Å². The van der Waals surface area contributed by atoms with Crippen molar-refractivity contribution in [3.8, 4) is 0 Å². The zero-order valence-corrected chi connectivity index (χ0v) is 11.9. The number of hydrogen-bond donors (Lipinski definition) is 1. The number of benzene rings is 1. The fraction of sp³-hybridized carbons (Fsp3) is 0.400. The topological polar surface area (TPSA) is 46.9 Å². The van der Waals surface area contributed by atoms with E-state index < -0.39 is 0 Å². The van der Waals surface area contributed by atoms with Crippen molar-refractivity contribution in [2.75, 3.05) is 0 Å². The van der Waals surface area contributed by atoms with Crippen LogP contribution in [0.25, 0.3) is 10.9 Å². The Balaban J connectivity index is 2.05. The lowest BCUT2D eigenvalue weighted by Gasteiger charge is -2.32. The van der Waals surface area contributed by atoms with Crippen molar-refractivity contribution < 1.29 is 0 Å². The third-order valence-corrected chi connectivity index (χ3v) is 4.74. The monoisotopic (exact) mass is 285 g/mol. The van der Waals surface area contributed by atoms with Gasteiger partial charge in [0, 0.05) is 0 Å². The Morgan fingerprint density at radius 2 is 1.95 bits per heavy atom. The zero-order valence-electron chi connectivity index (χ0n) is 11.1. The van der Waals surface area contributed by atoms with Crippen LogP contribution in [0.4, 0.5) is 0 Å². The quantitative estimate of drug-likeness (QED) is 0.754. The predicted molar refractivity (Wildman–Crippen MR) is 81.9 cm³/mol. The van der Waals surface area contributed by atoms with Gasteiger partial charge in [0.05, 0.1) is 16.4 Å². The van der Waals surface area contributed by atoms with Gasteiger partial charge in [-0.25, -0.2) is 9.55 Å². The lowest BCUT2D eigenvalue weighted by molar-refractivity contribution is 0.270. The van der Waals surface area contributed by atoms with Crippen molar-refractivity contribution in [3.05, 3.63) is 40.4 Å². The molecule has 4 nitrogen and oxygen atoms in total. The lowest BCUT2D eigenvalue weighted by atomic mass is 9.81. The highest BCUT2D eigenvalue weighted by atomic mass is 32.1. The molecule has 0 bridgehead atoms. The van der Waals surface area contributed by atoms with Gasteiger partial charge in [0.2, 0.25) is 0 Å². The molecule has 20 heavy (non-hydrogen) atoms. The van der Waals surface area contributed by atoms with Crippen molar-refractivity contribution in [2.45, 2.75) is 37.6 Å². The van der Waals surface area contributed by atoms with Gasteiger partial charge in [-0.2, -0.15) is 0 Å². The lowest BCUT2D eigenvalue weighted by Crippen LogP contribution is -2.41. The Morgan fingerprint density at radius 1 is 1.20 bits per heavy atom. The van der Waals surface area contributed by atoms with E-state index in [9.17, 15) is 4.79 Å². The van der Waals surface area contributed by atoms with E-state index in [0.29, 0.717) is 10.5 Å². The van der Waals surface area contributed by atoms with Gasteiger partial charge >= 0.3 is 0 Å². The van der Waals surface area contributed by atoms with E-state index in [4.69, 9.17) is 17.2 Å². The molecule has 4 rings (SSSR count). The second kappa shape index (κ2) is 4.12. The molecule has 1 aromatic carbocycles. The molecule has 1 fully saturated rings. The Bertz CT molecular complexity index is 774. The van der Waals surface area contributed by atoms with Crippen LogP contribution in [0.3, 0.4) is 0 Å². The van der Waals surface area contributed by atoms with Gasteiger partial charge in [0.1, 0.15) is 5.82 Å². The molecule has 1 N–H and O–H groups in total. The highest BCUT2D eigenvalue weighted by Gasteiger charge is 2.44. The van der Waals surface area contributed by atoms with Crippen LogP contribution in [-0.2, 0) is 5.54 Å². The largest absolute Gasteiger partial charge is 0.349 e. The number of rotatable bonds is 0. The molecule has 1 saturated carbocycles. The summed E-state index contributed by atoms with van der Waals surface area (Å²) in [5, 5.41) is 4.52. The molecule has 1 aliphatic carbocycles. The highest BCUT2D eigenvalue weighted by molar-refractivity contribution is 7.80. The molecule has 0 atom stereocenters. The Labute approximate surface area is 121 Å². The maximum absolute atomic E-state index is 12.7. The standard InChI is InChI=1S/C15H15N3OS/c19-12-10-6-2-3-7-11(10)16-13-15(8-4-1-5-9-15)17-14(20)18(12)13/h2-3,6-7H,1,4-5,8-9H2,(H,17,20). The van der Waals surface area contributed by atoms with Gasteiger partial charge in [-0.1, -0.05) is 31.4 Å². The van der Waals surface area contributed by atoms with Crippen LogP contribution in [0.15, 0.2) is 29.1 Å². The van der Waals surface area contributed by atoms with Crippen LogP contribution in [0.1, 0.15) is 37.9 Å². The molecule has 2 aromatic rings. The fourth-order valence-electron chi connectivity index (χ4n) is 3.46. The minimum Gasteiger partial charge on any atom is -0.349 e. The summed E-state index contributed by atoms with van der Waals surface area (Å²) in [5.74, 6) is 0.811. The van der Waals surface area contributed by atoms with Crippen molar-refractivity contribution in [2.24, 2.45) is 0 Å². The third kappa shape index (κ3) is 1.50. The van der Waals surface area contributed by atoms with Crippen LogP contribution < -0.4 is 10.9 Å². The van der Waals surface area contributed by atoms with E-state index in [-0.39, 0.29) is 11.1 Å². The Morgan fingerprint density at radius 3 is 2.75 bits per heavy atom. The van der Waals surface area contributed by atoms with Crippen LogP contribution in [0.2, 0.25) is 0 Å². The SMILES string of the molecule is O=c1c2ccccc2nc2n1C(=S)NC21CCCCC1. The summed E-state index contributed by atoms with van der Waals surface area (Å²) in [4.78, 5) is 17.4. The van der Waals surface area contributed by atoms with Crippen LogP contribution in [0.5, 0.6) is 0 Å². The van der Waals surface area contributed by atoms with E-state index in [2.05, 4.69) is 5.32 Å². The van der Waals surface area contributed by atoms with Crippen LogP contribution in [-0.4, -0.2) is 14.7 Å². The second-order valence-electron chi connectivity index (χ2n) is 5.67. The molecule has 5 heteroatoms. The third-order valence-electron chi connectivity index (χ3n) is 4.46. The molecule has 0 unspecified atom stereocenters. The van der Waals surface area contributed by atoms with Crippen LogP contribution in [0, 0.1) is 0 Å². The molecule has 0 radical (unpaired) electrons. The normalized spacial score (nSPS) is 20.1. The van der Waals surface area contributed by atoms with Gasteiger partial charge < -0.3 is 5.32 Å². The van der Waals surface area contributed by atoms with E-state index in [1.54, 1.807) is 4.57 Å². The summed E-state index contributed by atoms with van der Waals surface area (Å²) in [6.45, 7) is 0. The molecule has 2 heterocycles. The molecule has 1 aromatic heterocycles. The summed E-state index contributed by atoms with van der Waals surface area (Å²) >= 11 is 5.39. The molecular weight excluding hydrogens is 270 g/mol. The highest BCUT2D eigenvalue weighted by Crippen LogP contribution is 2.38. The average molecular weight is 285 g/mol. The average Bonchev–Trinajstić information content (AvgIpc) is 2.73. The Kier molecular flexibility index (Phi) is 2.48. The van der Waals surface area contributed by atoms with Crippen molar-refractivity contribution in [3.63, 3.8) is 0 Å². The van der Waals surface area contributed by atoms with Gasteiger partial charge in [-0.15, -0.1) is 0 Å². The number of para-hydroxylation sites is 1. The van der Waals surface area contributed by atoms with Crippen LogP contribution >= 0.6 is 12.2 Å². The first-order chi connectivity index (χ1) is 9.71. The minimum atomic E-state index is -0.224. The van der Waals surface area contributed by atoms with E-state index >= 15 is 0 Å². The number of hydrogen-bond acceptors (Lipinski definition) is 3. The first-order valence-electron chi connectivity index (χ1n) is 7.06. The maximum atomic E-state index is 12.7. The Hall–Kier alpha value is -1.75. The molecule has 2 aliphatic rings. The number of fused-ring (bicyclic) bond motifs is 3. The summed E-state index contributed by atoms with van der Waals surface area (Å²) in [5.41, 5.74) is 0.490. The summed E-state index contributed by atoms with van der Waals surface area (Å²) in [7, 11) is 0. The minimum absolute atomic E-state index is 0.0504. The molecule has 0 saturated heterocycles. The zero-order chi connectivity index (χ0) is 13.7. The van der Waals surface area contributed by atoms with Gasteiger partial charge in [-0.05, 0) is 37.2 Å². The van der Waals surface area contributed by atoms with E-state index in [0.717, 1.165) is 37.0 Å². The van der Waals surface area contributed by atoms with Gasteiger partial charge in [-0.3, -0.25) is 4.79 Å². The fourth-order valence-corrected chi connectivity index (χ4v) is 3.83. The summed E-state index contributed by atoms with van der Waals surface area (Å²) < 4.78 is 1.60. The molecule has 1 aliphatic heterocycles. The smallest absolute Gasteiger partial charge is 0.267 e. The number of nitrogens with zero attached hydrogens (tertiary/aromatic N) is 2. The number of aromatic nitrogens is 2. The summed E-state index contributed by atoms with van der Waals surface area (Å²) in [6, 6.07) is 7.49. The molecular formula is C15H15N3OS. The molecule has 1 spiro atoms. The van der Waals surface area contributed by atoms with Gasteiger partial charge in [0.25, 0.3) is 5.56 Å². The first-order valence-corrected chi connectivity index (χ1v) is 7.47.